The number of nitro benzene ring substituents is 1. The minimum atomic E-state index is -0.433. The van der Waals surface area contributed by atoms with Gasteiger partial charge >= 0.3 is 0 Å². The highest BCUT2D eigenvalue weighted by molar-refractivity contribution is 7.99. The van der Waals surface area contributed by atoms with Crippen LogP contribution < -0.4 is 5.32 Å². The van der Waals surface area contributed by atoms with Crippen molar-refractivity contribution in [1.82, 2.24) is 15.3 Å². The van der Waals surface area contributed by atoms with E-state index >= 15 is 0 Å². The number of nitrogens with zero attached hydrogens (tertiary/aromatic N) is 4. The van der Waals surface area contributed by atoms with Crippen LogP contribution in [0, 0.1) is 10.1 Å². The van der Waals surface area contributed by atoms with Gasteiger partial charge in [-0.25, -0.2) is 15.0 Å². The molecule has 1 amide bonds. The number of nitro groups is 1. The van der Waals surface area contributed by atoms with Gasteiger partial charge in [-0.1, -0.05) is 30.3 Å². The predicted octanol–water partition coefficient (Wildman–Crippen LogP) is 6.16. The maximum atomic E-state index is 13.3. The molecule has 1 aliphatic rings. The molecule has 0 aliphatic heterocycles. The fourth-order valence-electron chi connectivity index (χ4n) is 4.15. The molecule has 1 aliphatic carbocycles. The van der Waals surface area contributed by atoms with Gasteiger partial charge < -0.3 is 5.32 Å². The first-order valence-electron chi connectivity index (χ1n) is 11.8. The quantitative estimate of drug-likeness (QED) is 0.127. The standard InChI is InChI=1S/C27H23N5O3S2/c33-25(30-16-18-7-2-1-3-8-18)24-21-9-4-5-10-23(21)36-26(24)31-17-19-15-20(32(34)35)11-12-22(19)37-27-28-13-6-14-29-27/h1-3,6-8,11-15,17H,4-5,9-10,16H2,(H,30,33). The van der Waals surface area contributed by atoms with Crippen LogP contribution in [0.1, 0.15) is 44.8 Å². The van der Waals surface area contributed by atoms with Crippen molar-refractivity contribution in [2.45, 2.75) is 42.3 Å². The summed E-state index contributed by atoms with van der Waals surface area (Å²) in [7, 11) is 0. The third kappa shape index (κ3) is 5.92. The second-order valence-electron chi connectivity index (χ2n) is 8.43. The van der Waals surface area contributed by atoms with Gasteiger partial charge in [0.05, 0.1) is 10.5 Å². The molecule has 186 valence electrons. The molecule has 0 saturated carbocycles. The van der Waals surface area contributed by atoms with Crippen molar-refractivity contribution >= 4 is 45.9 Å². The average Bonchev–Trinajstić information content (AvgIpc) is 3.30. The number of aromatic nitrogens is 2. The van der Waals surface area contributed by atoms with Crippen LogP contribution in [-0.2, 0) is 19.4 Å². The largest absolute Gasteiger partial charge is 0.348 e. The SMILES string of the molecule is O=C(NCc1ccccc1)c1c(N=Cc2cc([N+](=O)[O-])ccc2Sc2ncccn2)sc2c1CCCC2. The van der Waals surface area contributed by atoms with Gasteiger partial charge in [-0.3, -0.25) is 14.9 Å². The van der Waals surface area contributed by atoms with Gasteiger partial charge in [-0.2, -0.15) is 0 Å². The van der Waals surface area contributed by atoms with E-state index in [4.69, 9.17) is 4.99 Å². The van der Waals surface area contributed by atoms with Crippen molar-refractivity contribution in [3.05, 3.63) is 104 Å². The molecule has 4 aromatic rings. The van der Waals surface area contributed by atoms with Gasteiger partial charge in [0, 0.05) is 52.6 Å². The maximum absolute atomic E-state index is 13.3. The molecule has 5 rings (SSSR count). The topological polar surface area (TPSA) is 110 Å². The van der Waals surface area contributed by atoms with Crippen molar-refractivity contribution in [2.24, 2.45) is 4.99 Å². The van der Waals surface area contributed by atoms with Gasteiger partial charge in [-0.15, -0.1) is 11.3 Å². The first-order valence-corrected chi connectivity index (χ1v) is 13.5. The summed E-state index contributed by atoms with van der Waals surface area (Å²) in [5.74, 6) is -0.151. The number of aryl methyl sites for hydroxylation is 1. The molecule has 0 fully saturated rings. The molecule has 0 unspecified atom stereocenters. The minimum Gasteiger partial charge on any atom is -0.348 e. The number of amides is 1. The third-order valence-electron chi connectivity index (χ3n) is 5.94. The summed E-state index contributed by atoms with van der Waals surface area (Å²) < 4.78 is 0. The van der Waals surface area contributed by atoms with E-state index in [9.17, 15) is 14.9 Å². The number of carbonyl (C=O) groups is 1. The van der Waals surface area contributed by atoms with E-state index in [-0.39, 0.29) is 11.6 Å². The Balaban J connectivity index is 1.48. The van der Waals surface area contributed by atoms with Gasteiger partial charge in [0.15, 0.2) is 5.16 Å². The summed E-state index contributed by atoms with van der Waals surface area (Å²) in [4.78, 5) is 39.5. The van der Waals surface area contributed by atoms with Crippen molar-refractivity contribution in [2.75, 3.05) is 0 Å². The van der Waals surface area contributed by atoms with Crippen LogP contribution in [0.2, 0.25) is 0 Å². The lowest BCUT2D eigenvalue weighted by molar-refractivity contribution is -0.384. The Morgan fingerprint density at radius 1 is 1.11 bits per heavy atom. The Morgan fingerprint density at radius 2 is 1.89 bits per heavy atom. The molecule has 8 nitrogen and oxygen atoms in total. The zero-order valence-corrected chi connectivity index (χ0v) is 21.4. The normalized spacial score (nSPS) is 12.9. The second kappa shape index (κ2) is 11.4. The number of fused-ring (bicyclic) bond motifs is 1. The number of hydrogen-bond acceptors (Lipinski definition) is 8. The first kappa shape index (κ1) is 24.8. The zero-order valence-electron chi connectivity index (χ0n) is 19.8. The van der Waals surface area contributed by atoms with Crippen LogP contribution >= 0.6 is 23.1 Å². The predicted molar refractivity (Wildman–Crippen MR) is 145 cm³/mol. The summed E-state index contributed by atoms with van der Waals surface area (Å²) in [6.07, 6.45) is 8.79. The Bertz CT molecular complexity index is 1460. The Kier molecular flexibility index (Phi) is 7.67. The van der Waals surface area contributed by atoms with Crippen molar-refractivity contribution in [3.8, 4) is 0 Å². The van der Waals surface area contributed by atoms with Gasteiger partial charge in [0.25, 0.3) is 11.6 Å². The molecular weight excluding hydrogens is 506 g/mol. The van der Waals surface area contributed by atoms with Crippen LogP contribution in [-0.4, -0.2) is 27.0 Å². The molecule has 1 N–H and O–H groups in total. The Labute approximate surface area is 222 Å². The van der Waals surface area contributed by atoms with Gasteiger partial charge in [0.2, 0.25) is 0 Å². The van der Waals surface area contributed by atoms with E-state index in [1.807, 2.05) is 30.3 Å². The number of non-ortho nitro benzene ring substituents is 1. The Morgan fingerprint density at radius 3 is 2.68 bits per heavy atom. The number of aliphatic imine (C=N–C) groups is 1. The van der Waals surface area contributed by atoms with E-state index in [1.165, 1.54) is 40.1 Å². The molecule has 0 saturated heterocycles. The lowest BCUT2D eigenvalue weighted by atomic mass is 9.95. The summed E-state index contributed by atoms with van der Waals surface area (Å²) in [5, 5.41) is 15.6. The smallest absolute Gasteiger partial charge is 0.270 e. The van der Waals surface area contributed by atoms with Crippen LogP contribution in [0.15, 0.2) is 82.0 Å². The van der Waals surface area contributed by atoms with Gasteiger partial charge in [-0.05, 0) is 60.7 Å². The molecule has 0 spiro atoms. The third-order valence-corrected chi connectivity index (χ3v) is 8.13. The highest BCUT2D eigenvalue weighted by Crippen LogP contribution is 2.40. The number of rotatable bonds is 8. The van der Waals surface area contributed by atoms with Crippen LogP contribution in [0.25, 0.3) is 0 Å². The van der Waals surface area contributed by atoms with Crippen LogP contribution in [0.4, 0.5) is 10.7 Å². The van der Waals surface area contributed by atoms with Gasteiger partial charge in [0.1, 0.15) is 5.00 Å². The number of nitrogens with one attached hydrogen (secondary N) is 1. The molecule has 0 atom stereocenters. The average molecular weight is 530 g/mol. The molecule has 2 aromatic carbocycles. The molecule has 2 heterocycles. The van der Waals surface area contributed by atoms with Crippen LogP contribution in [0.5, 0.6) is 0 Å². The fourth-order valence-corrected chi connectivity index (χ4v) is 6.17. The number of carbonyl (C=O) groups excluding carboxylic acids is 1. The molecule has 0 radical (unpaired) electrons. The lowest BCUT2D eigenvalue weighted by Gasteiger charge is -2.13. The van der Waals surface area contributed by atoms with Crippen molar-refractivity contribution in [3.63, 3.8) is 0 Å². The minimum absolute atomic E-state index is 0.0360. The van der Waals surface area contributed by atoms with E-state index in [0.717, 1.165) is 41.7 Å². The summed E-state index contributed by atoms with van der Waals surface area (Å²) in [6.45, 7) is 0.427. The summed E-state index contributed by atoms with van der Waals surface area (Å²) in [5.41, 5.74) is 3.23. The fraction of sp³-hybridized carbons (Fsp3) is 0.185. The molecule has 0 bridgehead atoms. The summed E-state index contributed by atoms with van der Waals surface area (Å²) in [6, 6.07) is 16.1. The van der Waals surface area contributed by atoms with E-state index in [1.54, 1.807) is 30.7 Å². The Hall–Kier alpha value is -3.89. The van der Waals surface area contributed by atoms with Crippen LogP contribution in [0.3, 0.4) is 0 Å². The van der Waals surface area contributed by atoms with E-state index < -0.39 is 4.92 Å². The number of benzene rings is 2. The molecular formula is C27H23N5O3S2. The zero-order chi connectivity index (χ0) is 25.6. The van der Waals surface area contributed by atoms with Crippen molar-refractivity contribution in [1.29, 1.82) is 0 Å². The second-order valence-corrected chi connectivity index (χ2v) is 10.5. The first-order chi connectivity index (χ1) is 18.1. The van der Waals surface area contributed by atoms with E-state index in [0.29, 0.717) is 27.8 Å². The maximum Gasteiger partial charge on any atom is 0.270 e. The lowest BCUT2D eigenvalue weighted by Crippen LogP contribution is -2.24. The highest BCUT2D eigenvalue weighted by Gasteiger charge is 2.25. The highest BCUT2D eigenvalue weighted by atomic mass is 32.2. The molecule has 37 heavy (non-hydrogen) atoms. The summed E-state index contributed by atoms with van der Waals surface area (Å²) >= 11 is 2.83. The number of thiophene rings is 1. The van der Waals surface area contributed by atoms with E-state index in [2.05, 4.69) is 15.3 Å². The monoisotopic (exact) mass is 529 g/mol. The molecule has 2 aromatic heterocycles. The molecule has 10 heteroatoms. The van der Waals surface area contributed by atoms with Crippen molar-refractivity contribution < 1.29 is 9.72 Å². The number of hydrogen-bond donors (Lipinski definition) is 1.